The van der Waals surface area contributed by atoms with E-state index in [4.69, 9.17) is 10.00 Å². The van der Waals surface area contributed by atoms with Crippen molar-refractivity contribution in [2.24, 2.45) is 0 Å². The number of piperazine rings is 1. The van der Waals surface area contributed by atoms with Crippen LogP contribution in [0.15, 0.2) is 42.5 Å². The quantitative estimate of drug-likeness (QED) is 0.435. The Bertz CT molecular complexity index is 1340. The van der Waals surface area contributed by atoms with Crippen molar-refractivity contribution >= 4 is 28.2 Å². The summed E-state index contributed by atoms with van der Waals surface area (Å²) in [6.45, 7) is 3.45. The van der Waals surface area contributed by atoms with Crippen LogP contribution in [0.4, 0.5) is 11.5 Å². The van der Waals surface area contributed by atoms with Crippen molar-refractivity contribution in [2.75, 3.05) is 50.1 Å². The van der Waals surface area contributed by atoms with E-state index in [0.29, 0.717) is 44.2 Å². The Balaban J connectivity index is 1.43. The molecule has 0 bridgehead atoms. The molecule has 1 amide bonds. The van der Waals surface area contributed by atoms with E-state index in [1.807, 2.05) is 24.3 Å². The number of anilines is 2. The molecule has 3 heterocycles. The highest BCUT2D eigenvalue weighted by atomic mass is 16.5. The number of nitrogens with one attached hydrogen (secondary N) is 2. The highest BCUT2D eigenvalue weighted by Crippen LogP contribution is 2.29. The van der Waals surface area contributed by atoms with Crippen LogP contribution in [0.3, 0.4) is 0 Å². The number of phenols is 1. The van der Waals surface area contributed by atoms with Crippen LogP contribution in [0.2, 0.25) is 0 Å². The van der Waals surface area contributed by atoms with Crippen LogP contribution in [0, 0.1) is 11.3 Å². The normalized spacial score (nSPS) is 20.2. The van der Waals surface area contributed by atoms with E-state index < -0.39 is 5.91 Å². The lowest BCUT2D eigenvalue weighted by atomic mass is 10.0. The maximum Gasteiger partial charge on any atom is 0.319 e. The maximum atomic E-state index is 13.5. The summed E-state index contributed by atoms with van der Waals surface area (Å²) in [5.74, 6) is 0.224. The van der Waals surface area contributed by atoms with Gasteiger partial charge in [-0.1, -0.05) is 30.7 Å². The molecule has 0 radical (unpaired) electrons. The Morgan fingerprint density at radius 1 is 1.24 bits per heavy atom. The van der Waals surface area contributed by atoms with Gasteiger partial charge in [0.2, 0.25) is 0 Å². The summed E-state index contributed by atoms with van der Waals surface area (Å²) in [4.78, 5) is 26.9. The zero-order chi connectivity index (χ0) is 26.5. The number of likely N-dealkylation sites (N-methyl/N-ethyl adjacent to an activating group) is 1. The number of nitrogens with zero attached hydrogens (tertiary/aromatic N) is 5. The standard InChI is InChI=1S/C28H33N7O3/c1-34-12-5-4-7-21(34)18-38-28-32-25(16-26(33-28)35-13-11-30-20(17-35)9-10-29)27(37)31-24-15-22(36)14-19-6-2-3-8-23(19)24/h2-3,6,8,14-16,20-21,30,36H,4-5,7,9,11-13,17-18H2,1H3,(H,31,37)/t20-,21?/m0/s1. The zero-order valence-electron chi connectivity index (χ0n) is 21.6. The lowest BCUT2D eigenvalue weighted by molar-refractivity contribution is 0.101. The van der Waals surface area contributed by atoms with E-state index in [0.717, 1.165) is 30.2 Å². The third-order valence-corrected chi connectivity index (χ3v) is 7.26. The van der Waals surface area contributed by atoms with Gasteiger partial charge in [-0.05, 0) is 37.9 Å². The summed E-state index contributed by atoms with van der Waals surface area (Å²) in [5.41, 5.74) is 0.665. The van der Waals surface area contributed by atoms with Crippen LogP contribution in [0.5, 0.6) is 11.8 Å². The third-order valence-electron chi connectivity index (χ3n) is 7.26. The molecule has 0 spiro atoms. The topological polar surface area (TPSA) is 127 Å². The first-order chi connectivity index (χ1) is 18.5. The number of hydrogen-bond acceptors (Lipinski definition) is 9. The van der Waals surface area contributed by atoms with Crippen molar-refractivity contribution in [2.45, 2.75) is 37.8 Å². The van der Waals surface area contributed by atoms with E-state index in [2.05, 4.69) is 43.5 Å². The minimum Gasteiger partial charge on any atom is -0.508 e. The van der Waals surface area contributed by atoms with Gasteiger partial charge in [0.15, 0.2) is 0 Å². The predicted octanol–water partition coefficient (Wildman–Crippen LogP) is 3.14. The molecule has 1 aromatic heterocycles. The van der Waals surface area contributed by atoms with Crippen molar-refractivity contribution in [1.82, 2.24) is 20.2 Å². The molecule has 1 unspecified atom stereocenters. The van der Waals surface area contributed by atoms with Crippen LogP contribution < -0.4 is 20.3 Å². The van der Waals surface area contributed by atoms with Crippen molar-refractivity contribution < 1.29 is 14.6 Å². The number of piperidine rings is 1. The van der Waals surface area contributed by atoms with E-state index in [-0.39, 0.29) is 29.5 Å². The smallest absolute Gasteiger partial charge is 0.319 e. The highest BCUT2D eigenvalue weighted by Gasteiger charge is 2.24. The summed E-state index contributed by atoms with van der Waals surface area (Å²) in [6.07, 6.45) is 3.77. The number of carbonyl (C=O) groups is 1. The Kier molecular flexibility index (Phi) is 7.86. The second-order valence-corrected chi connectivity index (χ2v) is 9.96. The summed E-state index contributed by atoms with van der Waals surface area (Å²) in [5, 5.41) is 27.3. The second-order valence-electron chi connectivity index (χ2n) is 9.96. The number of carbonyl (C=O) groups excluding carboxylic acids is 1. The number of nitriles is 1. The second kappa shape index (κ2) is 11.6. The highest BCUT2D eigenvalue weighted by molar-refractivity contribution is 6.09. The van der Waals surface area contributed by atoms with E-state index in [9.17, 15) is 9.90 Å². The fraction of sp³-hybridized carbons (Fsp3) is 0.429. The summed E-state index contributed by atoms with van der Waals surface area (Å²) >= 11 is 0. The first-order valence-electron chi connectivity index (χ1n) is 13.1. The lowest BCUT2D eigenvalue weighted by Gasteiger charge is -2.34. The fourth-order valence-electron chi connectivity index (χ4n) is 5.15. The van der Waals surface area contributed by atoms with Crippen molar-refractivity contribution in [3.63, 3.8) is 0 Å². The first-order valence-corrected chi connectivity index (χ1v) is 13.1. The molecule has 2 atom stereocenters. The van der Waals surface area contributed by atoms with Crippen LogP contribution in [-0.2, 0) is 0 Å². The van der Waals surface area contributed by atoms with Gasteiger partial charge in [0, 0.05) is 49.2 Å². The molecular formula is C28H33N7O3. The van der Waals surface area contributed by atoms with Crippen LogP contribution in [0.1, 0.15) is 36.2 Å². The molecule has 2 aromatic carbocycles. The Morgan fingerprint density at radius 2 is 2.11 bits per heavy atom. The molecule has 10 nitrogen and oxygen atoms in total. The average molecular weight is 516 g/mol. The number of benzene rings is 2. The molecular weight excluding hydrogens is 482 g/mol. The van der Waals surface area contributed by atoms with E-state index in [1.54, 1.807) is 12.1 Å². The van der Waals surface area contributed by atoms with Crippen molar-refractivity contribution in [1.29, 1.82) is 5.26 Å². The minimum absolute atomic E-state index is 0.0138. The van der Waals surface area contributed by atoms with Gasteiger partial charge in [-0.15, -0.1) is 0 Å². The number of rotatable bonds is 7. The SMILES string of the molecule is CN1CCCCC1COc1nc(C(=O)Nc2cc(O)cc3ccccc23)cc(N2CCN[C@@H](CC#N)C2)n1. The predicted molar refractivity (Wildman–Crippen MR) is 146 cm³/mol. The summed E-state index contributed by atoms with van der Waals surface area (Å²) in [7, 11) is 2.10. The largest absolute Gasteiger partial charge is 0.508 e. The summed E-state index contributed by atoms with van der Waals surface area (Å²) < 4.78 is 6.07. The third kappa shape index (κ3) is 5.96. The Morgan fingerprint density at radius 3 is 2.95 bits per heavy atom. The number of aromatic nitrogens is 2. The van der Waals surface area contributed by atoms with Gasteiger partial charge in [0.05, 0.1) is 18.2 Å². The van der Waals surface area contributed by atoms with Gasteiger partial charge >= 0.3 is 6.01 Å². The fourth-order valence-corrected chi connectivity index (χ4v) is 5.15. The molecule has 38 heavy (non-hydrogen) atoms. The number of likely N-dealkylation sites (tertiary alicyclic amines) is 1. The average Bonchev–Trinajstić information content (AvgIpc) is 2.93. The minimum atomic E-state index is -0.423. The molecule has 2 aliphatic heterocycles. The van der Waals surface area contributed by atoms with Gasteiger partial charge in [-0.25, -0.2) is 0 Å². The number of phenolic OH excluding ortho intramolecular Hbond substituents is 1. The number of hydrogen-bond donors (Lipinski definition) is 3. The van der Waals surface area contributed by atoms with Gasteiger partial charge in [0.1, 0.15) is 23.9 Å². The van der Waals surface area contributed by atoms with Gasteiger partial charge in [-0.3, -0.25) is 4.79 Å². The number of fused-ring (bicyclic) bond motifs is 1. The van der Waals surface area contributed by atoms with Gasteiger partial charge in [-0.2, -0.15) is 15.2 Å². The number of aromatic hydroxyl groups is 1. The molecule has 3 aromatic rings. The van der Waals surface area contributed by atoms with Gasteiger partial charge in [0.25, 0.3) is 5.91 Å². The first kappa shape index (κ1) is 25.7. The molecule has 0 saturated carbocycles. The molecule has 10 heteroatoms. The molecule has 2 saturated heterocycles. The molecule has 5 rings (SSSR count). The molecule has 2 aliphatic rings. The zero-order valence-corrected chi connectivity index (χ0v) is 21.6. The Hall–Kier alpha value is -3.94. The van der Waals surface area contributed by atoms with E-state index >= 15 is 0 Å². The maximum absolute atomic E-state index is 13.5. The monoisotopic (exact) mass is 515 g/mol. The van der Waals surface area contributed by atoms with Crippen LogP contribution in [0.25, 0.3) is 10.8 Å². The van der Waals surface area contributed by atoms with Crippen molar-refractivity contribution in [3.8, 4) is 17.8 Å². The van der Waals surface area contributed by atoms with Crippen molar-refractivity contribution in [3.05, 3.63) is 48.2 Å². The van der Waals surface area contributed by atoms with E-state index in [1.165, 1.54) is 12.5 Å². The molecule has 0 aliphatic carbocycles. The van der Waals surface area contributed by atoms with Gasteiger partial charge < -0.3 is 30.3 Å². The lowest BCUT2D eigenvalue weighted by Crippen LogP contribution is -2.51. The number of ether oxygens (including phenoxy) is 1. The molecule has 2 fully saturated rings. The number of amides is 1. The van der Waals surface area contributed by atoms with Crippen LogP contribution in [-0.4, -0.2) is 77.8 Å². The Labute approximate surface area is 222 Å². The molecule has 198 valence electrons. The summed E-state index contributed by atoms with van der Waals surface area (Å²) in [6, 6.07) is 15.0. The van der Waals surface area contributed by atoms with Crippen LogP contribution >= 0.6 is 0 Å². The molecule has 3 N–H and O–H groups in total.